The van der Waals surface area contributed by atoms with Crippen LogP contribution in [-0.2, 0) is 9.47 Å². The van der Waals surface area contributed by atoms with Crippen molar-refractivity contribution in [2.75, 3.05) is 13.2 Å². The molecule has 0 unspecified atom stereocenters. The Kier molecular flexibility index (Phi) is 4.70. The first-order valence-corrected chi connectivity index (χ1v) is 7.59. The Bertz CT molecular complexity index is 314. The van der Waals surface area contributed by atoms with Crippen LogP contribution in [0, 0.1) is 17.8 Å². The lowest BCUT2D eigenvalue weighted by Gasteiger charge is -2.40. The molecule has 0 aromatic heterocycles. The van der Waals surface area contributed by atoms with Gasteiger partial charge in [-0.25, -0.2) is 0 Å². The molecule has 2 aliphatic rings. The van der Waals surface area contributed by atoms with Crippen LogP contribution in [-0.4, -0.2) is 31.1 Å². The van der Waals surface area contributed by atoms with E-state index in [9.17, 15) is 0 Å². The summed E-state index contributed by atoms with van der Waals surface area (Å²) in [7, 11) is 0. The fourth-order valence-corrected chi connectivity index (χ4v) is 3.35. The summed E-state index contributed by atoms with van der Waals surface area (Å²) in [6.07, 6.45) is 4.81. The lowest BCUT2D eigenvalue weighted by molar-refractivity contribution is -0.282. The van der Waals surface area contributed by atoms with Crippen LogP contribution in [0.5, 0.6) is 0 Å². The molecule has 2 saturated heterocycles. The predicted molar refractivity (Wildman–Crippen MR) is 77.9 cm³/mol. The van der Waals surface area contributed by atoms with E-state index in [4.69, 9.17) is 9.47 Å². The molecule has 0 aromatic carbocycles. The molecule has 0 saturated carbocycles. The summed E-state index contributed by atoms with van der Waals surface area (Å²) in [5.41, 5.74) is 0. The standard InChI is InChI=1S/C16H29NO2/c1-6-12(7-11(2)3)8-13-9-17-14-10-18-16(4,5)19-15(13)14/h6,11-15,17H,1,7-10H2,2-5H3/t12-,13-,14+,15+/m0/s1. The number of fused-ring (bicyclic) bond motifs is 1. The zero-order chi connectivity index (χ0) is 14.0. The van der Waals surface area contributed by atoms with Crippen molar-refractivity contribution in [1.82, 2.24) is 5.32 Å². The molecule has 2 fully saturated rings. The van der Waals surface area contributed by atoms with Gasteiger partial charge in [-0.05, 0) is 44.4 Å². The third-order valence-electron chi connectivity index (χ3n) is 4.25. The van der Waals surface area contributed by atoms with Crippen LogP contribution >= 0.6 is 0 Å². The minimum absolute atomic E-state index is 0.290. The van der Waals surface area contributed by atoms with Crippen molar-refractivity contribution < 1.29 is 9.47 Å². The van der Waals surface area contributed by atoms with Gasteiger partial charge in [0, 0.05) is 6.54 Å². The summed E-state index contributed by atoms with van der Waals surface area (Å²) >= 11 is 0. The number of hydrogen-bond donors (Lipinski definition) is 1. The first kappa shape index (κ1) is 15.0. The van der Waals surface area contributed by atoms with Crippen molar-refractivity contribution >= 4 is 0 Å². The second kappa shape index (κ2) is 5.94. The first-order valence-electron chi connectivity index (χ1n) is 7.59. The van der Waals surface area contributed by atoms with Crippen LogP contribution in [0.1, 0.15) is 40.5 Å². The van der Waals surface area contributed by atoms with Gasteiger partial charge in [-0.15, -0.1) is 6.58 Å². The molecule has 4 atom stereocenters. The van der Waals surface area contributed by atoms with Crippen molar-refractivity contribution in [3.05, 3.63) is 12.7 Å². The molecule has 0 aromatic rings. The summed E-state index contributed by atoms with van der Waals surface area (Å²) < 4.78 is 11.9. The van der Waals surface area contributed by atoms with Gasteiger partial charge in [-0.3, -0.25) is 0 Å². The molecule has 2 aliphatic heterocycles. The third kappa shape index (κ3) is 3.80. The molecule has 19 heavy (non-hydrogen) atoms. The maximum Gasteiger partial charge on any atom is 0.163 e. The number of nitrogens with one attached hydrogen (secondary N) is 1. The van der Waals surface area contributed by atoms with Crippen LogP contribution in [0.2, 0.25) is 0 Å². The van der Waals surface area contributed by atoms with Gasteiger partial charge in [0.25, 0.3) is 0 Å². The highest BCUT2D eigenvalue weighted by Crippen LogP contribution is 2.34. The second-order valence-electron chi connectivity index (χ2n) is 6.93. The normalized spacial score (nSPS) is 35.1. The average Bonchev–Trinajstić information content (AvgIpc) is 2.69. The number of allylic oxidation sites excluding steroid dienone is 1. The maximum absolute atomic E-state index is 6.14. The minimum Gasteiger partial charge on any atom is -0.349 e. The summed E-state index contributed by atoms with van der Waals surface area (Å²) in [6, 6.07) is 0.363. The summed E-state index contributed by atoms with van der Waals surface area (Å²) in [5, 5.41) is 3.54. The van der Waals surface area contributed by atoms with Crippen molar-refractivity contribution in [2.45, 2.75) is 58.5 Å². The van der Waals surface area contributed by atoms with Gasteiger partial charge in [0.2, 0.25) is 0 Å². The topological polar surface area (TPSA) is 30.5 Å². The highest BCUT2D eigenvalue weighted by molar-refractivity contribution is 4.97. The van der Waals surface area contributed by atoms with E-state index in [0.29, 0.717) is 24.0 Å². The highest BCUT2D eigenvalue weighted by Gasteiger charge is 2.44. The molecule has 0 aliphatic carbocycles. The highest BCUT2D eigenvalue weighted by atomic mass is 16.7. The van der Waals surface area contributed by atoms with E-state index >= 15 is 0 Å². The minimum atomic E-state index is -0.437. The molecule has 0 amide bonds. The monoisotopic (exact) mass is 267 g/mol. The van der Waals surface area contributed by atoms with Gasteiger partial charge in [-0.1, -0.05) is 19.9 Å². The molecular weight excluding hydrogens is 238 g/mol. The van der Waals surface area contributed by atoms with E-state index in [1.165, 1.54) is 12.8 Å². The predicted octanol–water partition coefficient (Wildman–Crippen LogP) is 2.96. The number of ether oxygens (including phenoxy) is 2. The van der Waals surface area contributed by atoms with Crippen molar-refractivity contribution in [2.24, 2.45) is 17.8 Å². The zero-order valence-corrected chi connectivity index (χ0v) is 12.8. The SMILES string of the molecule is C=C[C@@H](CC(C)C)C[C@H]1CN[C@@H]2COC(C)(C)O[C@H]12. The summed E-state index contributed by atoms with van der Waals surface area (Å²) in [5.74, 6) is 1.46. The average molecular weight is 267 g/mol. The number of rotatable bonds is 5. The quantitative estimate of drug-likeness (QED) is 0.777. The van der Waals surface area contributed by atoms with Gasteiger partial charge in [0.1, 0.15) is 0 Å². The lowest BCUT2D eigenvalue weighted by Crippen LogP contribution is -2.51. The molecule has 0 spiro atoms. The maximum atomic E-state index is 6.14. The Balaban J connectivity index is 1.95. The number of hydrogen-bond acceptors (Lipinski definition) is 3. The van der Waals surface area contributed by atoms with Crippen LogP contribution < -0.4 is 5.32 Å². The molecule has 0 bridgehead atoms. The van der Waals surface area contributed by atoms with E-state index < -0.39 is 5.79 Å². The molecule has 2 heterocycles. The molecular formula is C16H29NO2. The lowest BCUT2D eigenvalue weighted by atomic mass is 9.85. The molecule has 3 nitrogen and oxygen atoms in total. The van der Waals surface area contributed by atoms with Gasteiger partial charge in [0.15, 0.2) is 5.79 Å². The third-order valence-corrected chi connectivity index (χ3v) is 4.25. The molecule has 1 N–H and O–H groups in total. The Morgan fingerprint density at radius 3 is 2.79 bits per heavy atom. The van der Waals surface area contributed by atoms with Gasteiger partial charge < -0.3 is 14.8 Å². The fraction of sp³-hybridized carbons (Fsp3) is 0.875. The smallest absolute Gasteiger partial charge is 0.163 e. The fourth-order valence-electron chi connectivity index (χ4n) is 3.35. The van der Waals surface area contributed by atoms with Crippen LogP contribution in [0.4, 0.5) is 0 Å². The Hall–Kier alpha value is -0.380. The van der Waals surface area contributed by atoms with Gasteiger partial charge in [-0.2, -0.15) is 0 Å². The van der Waals surface area contributed by atoms with Crippen molar-refractivity contribution in [3.63, 3.8) is 0 Å². The molecule has 3 heteroatoms. The van der Waals surface area contributed by atoms with Gasteiger partial charge >= 0.3 is 0 Å². The zero-order valence-electron chi connectivity index (χ0n) is 12.8. The first-order chi connectivity index (χ1) is 8.91. The molecule has 2 rings (SSSR count). The summed E-state index contributed by atoms with van der Waals surface area (Å²) in [4.78, 5) is 0. The van der Waals surface area contributed by atoms with Crippen molar-refractivity contribution in [3.8, 4) is 0 Å². The van der Waals surface area contributed by atoms with Gasteiger partial charge in [0.05, 0.1) is 18.8 Å². The van der Waals surface area contributed by atoms with E-state index in [0.717, 1.165) is 19.1 Å². The molecule has 110 valence electrons. The van der Waals surface area contributed by atoms with Crippen LogP contribution in [0.15, 0.2) is 12.7 Å². The largest absolute Gasteiger partial charge is 0.349 e. The van der Waals surface area contributed by atoms with Crippen molar-refractivity contribution in [1.29, 1.82) is 0 Å². The van der Waals surface area contributed by atoms with Crippen LogP contribution in [0.3, 0.4) is 0 Å². The summed E-state index contributed by atoms with van der Waals surface area (Å²) in [6.45, 7) is 14.4. The Morgan fingerprint density at radius 1 is 1.42 bits per heavy atom. The molecule has 0 radical (unpaired) electrons. The van der Waals surface area contributed by atoms with E-state index in [2.05, 4.69) is 31.8 Å². The van der Waals surface area contributed by atoms with Crippen LogP contribution in [0.25, 0.3) is 0 Å². The van der Waals surface area contributed by atoms with E-state index in [1.54, 1.807) is 0 Å². The second-order valence-corrected chi connectivity index (χ2v) is 6.93. The Morgan fingerprint density at radius 2 is 2.16 bits per heavy atom. The Labute approximate surface area is 117 Å². The van der Waals surface area contributed by atoms with E-state index in [1.807, 2.05) is 13.8 Å². The van der Waals surface area contributed by atoms with E-state index in [-0.39, 0.29) is 0 Å².